The zero-order valence-corrected chi connectivity index (χ0v) is 21.6. The Morgan fingerprint density at radius 1 is 0.325 bits per heavy atom. The standard InChI is InChI=1S/C38H22N2/c1-2-12-28-26(11-1)27-13-3-8-23-18-19-24-9-4-14-29(35(24)34(23)27)30-15-5-16-31(36(28)30)33-22-25-10-6-20-39-37(25)38-32(33)17-7-21-40-38/h1-22H. The summed E-state index contributed by atoms with van der Waals surface area (Å²) in [6.07, 6.45) is 3.71. The zero-order chi connectivity index (χ0) is 26.2. The number of fused-ring (bicyclic) bond motifs is 8. The second kappa shape index (κ2) is 8.08. The summed E-state index contributed by atoms with van der Waals surface area (Å²) < 4.78 is 0. The molecule has 2 aromatic heterocycles. The van der Waals surface area contributed by atoms with Gasteiger partial charge < -0.3 is 0 Å². The van der Waals surface area contributed by atoms with Crippen LogP contribution in [0.25, 0.3) is 86.8 Å². The van der Waals surface area contributed by atoms with Gasteiger partial charge in [-0.2, -0.15) is 0 Å². The van der Waals surface area contributed by atoms with Crippen molar-refractivity contribution in [3.63, 3.8) is 0 Å². The number of rotatable bonds is 1. The van der Waals surface area contributed by atoms with Crippen LogP contribution in [0.1, 0.15) is 0 Å². The molecule has 0 unspecified atom stereocenters. The second-order valence-electron chi connectivity index (χ2n) is 10.5. The highest BCUT2D eigenvalue weighted by atomic mass is 14.7. The zero-order valence-electron chi connectivity index (χ0n) is 21.6. The summed E-state index contributed by atoms with van der Waals surface area (Å²) in [5.41, 5.74) is 4.25. The molecule has 0 fully saturated rings. The minimum atomic E-state index is 0.935. The molecule has 2 nitrogen and oxygen atoms in total. The van der Waals surface area contributed by atoms with E-state index in [0.717, 1.165) is 21.8 Å². The topological polar surface area (TPSA) is 25.8 Å². The van der Waals surface area contributed by atoms with Crippen LogP contribution in [0.5, 0.6) is 0 Å². The third kappa shape index (κ3) is 2.88. The van der Waals surface area contributed by atoms with E-state index in [1.165, 1.54) is 65.0 Å². The van der Waals surface area contributed by atoms with Crippen LogP contribution in [0.2, 0.25) is 0 Å². The minimum Gasteiger partial charge on any atom is -0.254 e. The van der Waals surface area contributed by atoms with E-state index in [2.05, 4.69) is 109 Å². The van der Waals surface area contributed by atoms with Gasteiger partial charge in [-0.15, -0.1) is 0 Å². The first-order valence-electron chi connectivity index (χ1n) is 13.7. The SMILES string of the molecule is c1cnc2c(c1)cc(-c1cccc3c4cccc5ccc6cccc(c7ccccc7c13)c6c54)c1cccnc12. The summed E-state index contributed by atoms with van der Waals surface area (Å²) in [5, 5.41) is 14.9. The lowest BCUT2D eigenvalue weighted by atomic mass is 9.87. The monoisotopic (exact) mass is 506 g/mol. The molecule has 184 valence electrons. The largest absolute Gasteiger partial charge is 0.254 e. The average Bonchev–Trinajstić information content (AvgIpc) is 3.02. The predicted octanol–water partition coefficient (Wildman–Crippen LogP) is 10.2. The summed E-state index contributed by atoms with van der Waals surface area (Å²) in [4.78, 5) is 9.52. The van der Waals surface area contributed by atoms with Crippen LogP contribution >= 0.6 is 0 Å². The van der Waals surface area contributed by atoms with Crippen LogP contribution in [0, 0.1) is 0 Å². The van der Waals surface area contributed by atoms with Crippen molar-refractivity contribution in [1.82, 2.24) is 9.97 Å². The van der Waals surface area contributed by atoms with Crippen LogP contribution < -0.4 is 0 Å². The first-order valence-corrected chi connectivity index (χ1v) is 13.7. The lowest BCUT2D eigenvalue weighted by molar-refractivity contribution is 1.37. The van der Waals surface area contributed by atoms with Crippen molar-refractivity contribution in [2.75, 3.05) is 0 Å². The summed E-state index contributed by atoms with van der Waals surface area (Å²) in [5.74, 6) is 0. The van der Waals surface area contributed by atoms with Gasteiger partial charge in [-0.25, -0.2) is 0 Å². The molecule has 0 spiro atoms. The Kier molecular flexibility index (Phi) is 4.36. The molecule has 0 saturated carbocycles. The molecule has 0 bridgehead atoms. The third-order valence-electron chi connectivity index (χ3n) is 8.48. The van der Waals surface area contributed by atoms with Crippen LogP contribution in [0.4, 0.5) is 0 Å². The van der Waals surface area contributed by atoms with Gasteiger partial charge in [0.05, 0.1) is 11.0 Å². The van der Waals surface area contributed by atoms with Crippen molar-refractivity contribution < 1.29 is 0 Å². The Morgan fingerprint density at radius 3 is 1.62 bits per heavy atom. The van der Waals surface area contributed by atoms with Gasteiger partial charge in [-0.1, -0.05) is 103 Å². The molecule has 9 rings (SSSR count). The van der Waals surface area contributed by atoms with E-state index in [1.54, 1.807) is 0 Å². The molecule has 40 heavy (non-hydrogen) atoms. The first kappa shape index (κ1) is 21.6. The summed E-state index contributed by atoms with van der Waals surface area (Å²) >= 11 is 0. The molecular weight excluding hydrogens is 484 g/mol. The van der Waals surface area contributed by atoms with E-state index in [1.807, 2.05) is 24.5 Å². The van der Waals surface area contributed by atoms with E-state index in [0.29, 0.717) is 0 Å². The Labute approximate surface area is 230 Å². The van der Waals surface area contributed by atoms with Crippen LogP contribution in [0.15, 0.2) is 134 Å². The molecule has 0 atom stereocenters. The number of hydrogen-bond donors (Lipinski definition) is 0. The maximum Gasteiger partial charge on any atom is 0.0970 e. The van der Waals surface area contributed by atoms with E-state index >= 15 is 0 Å². The average molecular weight is 507 g/mol. The molecule has 0 amide bonds. The molecule has 2 heteroatoms. The van der Waals surface area contributed by atoms with Crippen molar-refractivity contribution in [1.29, 1.82) is 0 Å². The fraction of sp³-hybridized carbons (Fsp3) is 0. The second-order valence-corrected chi connectivity index (χ2v) is 10.5. The Bertz CT molecular complexity index is 2490. The van der Waals surface area contributed by atoms with E-state index in [4.69, 9.17) is 9.97 Å². The van der Waals surface area contributed by atoms with Gasteiger partial charge in [0.2, 0.25) is 0 Å². The van der Waals surface area contributed by atoms with Gasteiger partial charge in [0.25, 0.3) is 0 Å². The molecule has 0 N–H and O–H groups in total. The predicted molar refractivity (Wildman–Crippen MR) is 170 cm³/mol. The number of benzene rings is 6. The van der Waals surface area contributed by atoms with Crippen LogP contribution in [-0.2, 0) is 0 Å². The summed E-state index contributed by atoms with van der Waals surface area (Å²) in [7, 11) is 0. The van der Waals surface area contributed by atoms with Crippen molar-refractivity contribution in [2.24, 2.45) is 0 Å². The van der Waals surface area contributed by atoms with Gasteiger partial charge in [0.15, 0.2) is 0 Å². The number of nitrogens with zero attached hydrogens (tertiary/aromatic N) is 2. The van der Waals surface area contributed by atoms with Crippen molar-refractivity contribution in [3.05, 3.63) is 134 Å². The van der Waals surface area contributed by atoms with Gasteiger partial charge in [-0.3, -0.25) is 9.97 Å². The molecule has 7 aromatic carbocycles. The normalized spacial score (nSPS) is 12.0. The summed E-state index contributed by atoms with van der Waals surface area (Å²) in [6.45, 7) is 0. The Hall–Kier alpha value is -5.34. The maximum absolute atomic E-state index is 4.81. The van der Waals surface area contributed by atoms with E-state index in [9.17, 15) is 0 Å². The summed E-state index contributed by atoms with van der Waals surface area (Å²) in [6, 6.07) is 44.2. The van der Waals surface area contributed by atoms with E-state index in [-0.39, 0.29) is 0 Å². The Morgan fingerprint density at radius 2 is 0.850 bits per heavy atom. The van der Waals surface area contributed by atoms with Gasteiger partial charge in [-0.05, 0) is 83.2 Å². The van der Waals surface area contributed by atoms with Crippen LogP contribution in [-0.4, -0.2) is 9.97 Å². The number of pyridine rings is 2. The number of aromatic nitrogens is 2. The molecule has 2 heterocycles. The molecule has 0 aliphatic rings. The third-order valence-corrected chi connectivity index (χ3v) is 8.48. The Balaban J connectivity index is 1.61. The maximum atomic E-state index is 4.81. The first-order chi connectivity index (χ1) is 19.9. The molecular formula is C38H22N2. The van der Waals surface area contributed by atoms with Gasteiger partial charge >= 0.3 is 0 Å². The lowest BCUT2D eigenvalue weighted by Gasteiger charge is -2.16. The van der Waals surface area contributed by atoms with Crippen molar-refractivity contribution in [2.45, 2.75) is 0 Å². The van der Waals surface area contributed by atoms with Crippen molar-refractivity contribution >= 4 is 75.7 Å². The number of hydrogen-bond acceptors (Lipinski definition) is 2. The highest BCUT2D eigenvalue weighted by Crippen LogP contribution is 2.44. The highest BCUT2D eigenvalue weighted by Gasteiger charge is 2.17. The highest BCUT2D eigenvalue weighted by molar-refractivity contribution is 6.34. The molecule has 9 aromatic rings. The van der Waals surface area contributed by atoms with Gasteiger partial charge in [0, 0.05) is 23.2 Å². The quantitative estimate of drug-likeness (QED) is 0.207. The van der Waals surface area contributed by atoms with Crippen LogP contribution in [0.3, 0.4) is 0 Å². The minimum absolute atomic E-state index is 0.935. The molecule has 0 aliphatic carbocycles. The van der Waals surface area contributed by atoms with Gasteiger partial charge in [0.1, 0.15) is 0 Å². The van der Waals surface area contributed by atoms with Crippen molar-refractivity contribution in [3.8, 4) is 11.1 Å². The smallest absolute Gasteiger partial charge is 0.0970 e. The lowest BCUT2D eigenvalue weighted by Crippen LogP contribution is -1.91. The van der Waals surface area contributed by atoms with E-state index < -0.39 is 0 Å². The molecule has 0 saturated heterocycles. The fourth-order valence-electron chi connectivity index (χ4n) is 6.83. The fourth-order valence-corrected chi connectivity index (χ4v) is 6.83. The molecule has 0 radical (unpaired) electrons. The molecule has 0 aliphatic heterocycles.